The van der Waals surface area contributed by atoms with Gasteiger partial charge in [0.2, 0.25) is 5.78 Å². The molecule has 2 rings (SSSR count). The zero-order valence-corrected chi connectivity index (χ0v) is 10.8. The number of esters is 1. The Morgan fingerprint density at radius 1 is 1.14 bits per heavy atom. The first-order valence-corrected chi connectivity index (χ1v) is 5.72. The number of hydrogen-bond acceptors (Lipinski definition) is 6. The summed E-state index contributed by atoms with van der Waals surface area (Å²) in [5.74, 6) is -1.30. The smallest absolute Gasteiger partial charge is 0.361 e. The Kier molecular flexibility index (Phi) is 3.70. The van der Waals surface area contributed by atoms with Gasteiger partial charge in [-0.2, -0.15) is 0 Å². The monoisotopic (exact) mass is 290 g/mol. The van der Waals surface area contributed by atoms with Crippen LogP contribution in [0.15, 0.2) is 39.9 Å². The van der Waals surface area contributed by atoms with E-state index in [2.05, 4.69) is 4.74 Å². The van der Waals surface area contributed by atoms with Gasteiger partial charge in [0.05, 0.1) is 12.7 Å². The molecule has 0 fully saturated rings. The van der Waals surface area contributed by atoms with Crippen LogP contribution in [0.25, 0.3) is 0 Å². The number of hydrogen-bond donors (Lipinski definition) is 2. The molecular formula is C13H10N2O6. The van der Waals surface area contributed by atoms with Crippen LogP contribution in [0.1, 0.15) is 26.4 Å². The van der Waals surface area contributed by atoms with Crippen molar-refractivity contribution >= 4 is 11.8 Å². The summed E-state index contributed by atoms with van der Waals surface area (Å²) in [5, 5.41) is 9.47. The number of H-pyrrole nitrogens is 1. The quantitative estimate of drug-likeness (QED) is 0.459. The van der Waals surface area contributed by atoms with E-state index in [4.69, 9.17) is 0 Å². The van der Waals surface area contributed by atoms with E-state index in [9.17, 15) is 24.4 Å². The molecule has 1 aromatic carbocycles. The molecule has 108 valence electrons. The second-order valence-electron chi connectivity index (χ2n) is 4.03. The molecule has 0 bridgehead atoms. The molecule has 0 atom stereocenters. The van der Waals surface area contributed by atoms with Crippen molar-refractivity contribution in [2.45, 2.75) is 0 Å². The lowest BCUT2D eigenvalue weighted by molar-refractivity contribution is 0.0600. The number of ether oxygens (including phenoxy) is 1. The number of rotatable bonds is 3. The van der Waals surface area contributed by atoms with E-state index < -0.39 is 28.7 Å². The summed E-state index contributed by atoms with van der Waals surface area (Å²) < 4.78 is 4.57. The van der Waals surface area contributed by atoms with Gasteiger partial charge in [0.15, 0.2) is 0 Å². The number of methoxy groups -OCH3 is 1. The highest BCUT2D eigenvalue weighted by atomic mass is 16.5. The van der Waals surface area contributed by atoms with E-state index in [-0.39, 0.29) is 15.9 Å². The molecule has 0 aliphatic heterocycles. The highest BCUT2D eigenvalue weighted by Gasteiger charge is 2.16. The first-order chi connectivity index (χ1) is 9.93. The third kappa shape index (κ3) is 2.73. The van der Waals surface area contributed by atoms with Crippen LogP contribution in [-0.4, -0.2) is 33.8 Å². The van der Waals surface area contributed by atoms with Crippen LogP contribution < -0.4 is 11.2 Å². The minimum Gasteiger partial charge on any atom is -0.465 e. The normalized spacial score (nSPS) is 10.1. The van der Waals surface area contributed by atoms with E-state index in [0.717, 1.165) is 6.07 Å². The fourth-order valence-corrected chi connectivity index (χ4v) is 1.67. The fraction of sp³-hybridized carbons (Fsp3) is 0.0769. The average Bonchev–Trinajstić information content (AvgIpc) is 2.49. The summed E-state index contributed by atoms with van der Waals surface area (Å²) in [6, 6.07) is 6.15. The number of carbonyl (C=O) groups excluding carboxylic acids is 2. The molecule has 2 N–H and O–H groups in total. The maximum Gasteiger partial charge on any atom is 0.361 e. The van der Waals surface area contributed by atoms with Gasteiger partial charge in [-0.3, -0.25) is 14.6 Å². The zero-order valence-electron chi connectivity index (χ0n) is 10.8. The van der Waals surface area contributed by atoms with Gasteiger partial charge in [-0.1, -0.05) is 12.1 Å². The van der Waals surface area contributed by atoms with E-state index in [1.165, 1.54) is 31.4 Å². The Balaban J connectivity index is 2.44. The Hall–Kier alpha value is -3.16. The predicted molar refractivity (Wildman–Crippen MR) is 69.7 cm³/mol. The van der Waals surface area contributed by atoms with Crippen molar-refractivity contribution < 1.29 is 19.5 Å². The van der Waals surface area contributed by atoms with Crippen LogP contribution >= 0.6 is 0 Å². The second-order valence-corrected chi connectivity index (χ2v) is 4.03. The summed E-state index contributed by atoms with van der Waals surface area (Å²) in [5.41, 5.74) is -2.07. The topological polar surface area (TPSA) is 118 Å². The molecule has 0 unspecified atom stereocenters. The summed E-state index contributed by atoms with van der Waals surface area (Å²) >= 11 is 0. The van der Waals surface area contributed by atoms with Gasteiger partial charge in [-0.25, -0.2) is 9.59 Å². The molecule has 0 saturated carbocycles. The minimum absolute atomic E-state index is 0.0535. The molecule has 0 aliphatic rings. The second kappa shape index (κ2) is 5.45. The number of aromatic amines is 1. The van der Waals surface area contributed by atoms with Gasteiger partial charge < -0.3 is 9.94 Å². The number of nitrogens with one attached hydrogen (secondary N) is 1. The predicted octanol–water partition coefficient (Wildman–Crippen LogP) is -0.209. The largest absolute Gasteiger partial charge is 0.465 e. The molecule has 0 spiro atoms. The zero-order chi connectivity index (χ0) is 15.6. The van der Waals surface area contributed by atoms with Gasteiger partial charge in [-0.15, -0.1) is 4.73 Å². The van der Waals surface area contributed by atoms with E-state index in [1.54, 1.807) is 4.98 Å². The third-order valence-corrected chi connectivity index (χ3v) is 2.72. The minimum atomic E-state index is -1.11. The van der Waals surface area contributed by atoms with E-state index in [1.807, 2.05) is 0 Å². The van der Waals surface area contributed by atoms with Crippen molar-refractivity contribution in [1.82, 2.24) is 9.71 Å². The van der Waals surface area contributed by atoms with E-state index in [0.29, 0.717) is 0 Å². The standard InChI is InChI=1S/C13H10N2O6/c1-21-12(18)8-4-2-7(3-5-8)11(17)9-6-10(16)14-13(19)15(9)20/h2-6,20H,1H3,(H,14,16,19). The third-order valence-electron chi connectivity index (χ3n) is 2.72. The van der Waals surface area contributed by atoms with E-state index >= 15 is 0 Å². The highest BCUT2D eigenvalue weighted by Crippen LogP contribution is 2.09. The molecule has 0 saturated heterocycles. The van der Waals surface area contributed by atoms with Crippen LogP contribution in [0, 0.1) is 0 Å². The van der Waals surface area contributed by atoms with Crippen molar-refractivity contribution in [2.75, 3.05) is 7.11 Å². The molecule has 2 aromatic rings. The fourth-order valence-electron chi connectivity index (χ4n) is 1.67. The summed E-state index contributed by atoms with van der Waals surface area (Å²) in [7, 11) is 1.22. The van der Waals surface area contributed by atoms with Crippen molar-refractivity contribution in [2.24, 2.45) is 0 Å². The van der Waals surface area contributed by atoms with Crippen LogP contribution in [0.4, 0.5) is 0 Å². The Labute approximate surface area is 117 Å². The number of nitrogens with zero attached hydrogens (tertiary/aromatic N) is 1. The van der Waals surface area contributed by atoms with Crippen molar-refractivity contribution in [3.8, 4) is 0 Å². The Morgan fingerprint density at radius 3 is 2.29 bits per heavy atom. The molecular weight excluding hydrogens is 280 g/mol. The highest BCUT2D eigenvalue weighted by molar-refractivity contribution is 6.08. The van der Waals surface area contributed by atoms with Gasteiger partial charge in [-0.05, 0) is 12.1 Å². The Bertz CT molecular complexity index is 816. The van der Waals surface area contributed by atoms with Gasteiger partial charge in [0.1, 0.15) is 5.69 Å². The molecule has 1 aromatic heterocycles. The molecule has 21 heavy (non-hydrogen) atoms. The molecule has 8 heteroatoms. The SMILES string of the molecule is COC(=O)c1ccc(C(=O)c2cc(=O)[nH]c(=O)n2O)cc1. The number of carbonyl (C=O) groups is 2. The van der Waals surface area contributed by atoms with Crippen LogP contribution in [0.2, 0.25) is 0 Å². The number of benzene rings is 1. The lowest BCUT2D eigenvalue weighted by Gasteiger charge is -2.05. The summed E-state index contributed by atoms with van der Waals surface area (Å²) in [6.45, 7) is 0. The Morgan fingerprint density at radius 2 is 1.71 bits per heavy atom. The molecule has 0 radical (unpaired) electrons. The maximum atomic E-state index is 12.1. The van der Waals surface area contributed by atoms with Gasteiger partial charge in [0.25, 0.3) is 5.56 Å². The lowest BCUT2D eigenvalue weighted by atomic mass is 10.1. The van der Waals surface area contributed by atoms with Crippen LogP contribution in [-0.2, 0) is 4.74 Å². The van der Waals surface area contributed by atoms with Crippen molar-refractivity contribution in [3.05, 3.63) is 68.0 Å². The molecule has 0 aliphatic carbocycles. The van der Waals surface area contributed by atoms with Gasteiger partial charge in [0, 0.05) is 11.6 Å². The van der Waals surface area contributed by atoms with Crippen LogP contribution in [0.5, 0.6) is 0 Å². The van der Waals surface area contributed by atoms with Gasteiger partial charge >= 0.3 is 11.7 Å². The first kappa shape index (κ1) is 14.3. The lowest BCUT2D eigenvalue weighted by Crippen LogP contribution is -2.32. The maximum absolute atomic E-state index is 12.1. The molecule has 8 nitrogen and oxygen atoms in total. The molecule has 1 heterocycles. The van der Waals surface area contributed by atoms with Crippen molar-refractivity contribution in [3.63, 3.8) is 0 Å². The summed E-state index contributed by atoms with van der Waals surface area (Å²) in [6.07, 6.45) is 0. The summed E-state index contributed by atoms with van der Waals surface area (Å²) in [4.78, 5) is 47.6. The molecule has 0 amide bonds. The first-order valence-electron chi connectivity index (χ1n) is 5.72. The number of ketones is 1. The van der Waals surface area contributed by atoms with Crippen LogP contribution in [0.3, 0.4) is 0 Å². The van der Waals surface area contributed by atoms with Crippen molar-refractivity contribution in [1.29, 1.82) is 0 Å². The number of aromatic nitrogens is 2. The average molecular weight is 290 g/mol.